The fourth-order valence-corrected chi connectivity index (χ4v) is 8.93. The Morgan fingerprint density at radius 3 is 1.56 bits per heavy atom. The van der Waals surface area contributed by atoms with Gasteiger partial charge < -0.3 is 67.6 Å². The van der Waals surface area contributed by atoms with Crippen LogP contribution in [0.4, 0.5) is 23.2 Å². The maximum absolute atomic E-state index is 13.7. The fourth-order valence-electron chi connectivity index (χ4n) is 7.82. The van der Waals surface area contributed by atoms with Crippen molar-refractivity contribution in [2.24, 2.45) is 16.1 Å². The van der Waals surface area contributed by atoms with Crippen LogP contribution in [0.2, 0.25) is 0 Å². The van der Waals surface area contributed by atoms with Crippen LogP contribution >= 0.6 is 11.3 Å². The van der Waals surface area contributed by atoms with E-state index in [2.05, 4.69) is 55.4 Å². The smallest absolute Gasteiger partial charge is 0.313 e. The Bertz CT molecular complexity index is 2090. The van der Waals surface area contributed by atoms with Gasteiger partial charge in [0, 0.05) is 55.4 Å². The SMILES string of the molecule is CCCN(CCCCC(=O)CC(C)(C)C)C(=O)C1=Cc2sc(CCCCCN(C)CCOCCOCCOCCOCCOCCOCCOCCOCCOCCOCCC(=O)Oc3c(F)c(F)cc(F)c3F)cc2N=C(N)C1. The van der Waals surface area contributed by atoms with Crippen molar-refractivity contribution < 1.29 is 84.1 Å². The van der Waals surface area contributed by atoms with E-state index in [4.69, 9.17) is 53.1 Å². The molecule has 2 heterocycles. The summed E-state index contributed by atoms with van der Waals surface area (Å²) in [5, 5.41) is 0. The zero-order valence-corrected chi connectivity index (χ0v) is 48.9. The molecule has 0 atom stereocenters. The van der Waals surface area contributed by atoms with Crippen LogP contribution in [0.25, 0.3) is 6.08 Å². The molecule has 1 aliphatic heterocycles. The third-order valence-electron chi connectivity index (χ3n) is 11.8. The lowest BCUT2D eigenvalue weighted by Gasteiger charge is -2.23. The van der Waals surface area contributed by atoms with Crippen molar-refractivity contribution in [3.63, 3.8) is 0 Å². The summed E-state index contributed by atoms with van der Waals surface area (Å²) in [4.78, 5) is 48.9. The number of ether oxygens (including phenoxy) is 11. The highest BCUT2D eigenvalue weighted by Gasteiger charge is 2.25. The number of nitrogens with two attached hydrogens (primary N) is 1. The summed E-state index contributed by atoms with van der Waals surface area (Å²) in [6.07, 6.45) is 9.72. The quantitative estimate of drug-likeness (QED) is 0.0218. The van der Waals surface area contributed by atoms with E-state index < -0.39 is 41.4 Å². The minimum absolute atomic E-state index is 0.00659. The number of ketones is 1. The van der Waals surface area contributed by atoms with E-state index in [1.54, 1.807) is 11.3 Å². The van der Waals surface area contributed by atoms with Gasteiger partial charge in [0.1, 0.15) is 11.6 Å². The molecule has 0 bridgehead atoms. The second-order valence-electron chi connectivity index (χ2n) is 20.2. The van der Waals surface area contributed by atoms with Crippen molar-refractivity contribution in [3.8, 4) is 5.75 Å². The Labute approximate surface area is 475 Å². The molecule has 0 fully saturated rings. The zero-order valence-electron chi connectivity index (χ0n) is 48.0. The van der Waals surface area contributed by atoms with E-state index >= 15 is 0 Å². The van der Waals surface area contributed by atoms with Crippen LogP contribution < -0.4 is 10.5 Å². The Hall–Kier alpha value is -3.98. The van der Waals surface area contributed by atoms with Gasteiger partial charge in [0.05, 0.1) is 149 Å². The largest absolute Gasteiger partial charge is 0.420 e. The molecular weight excluding hydrogens is 1070 g/mol. The summed E-state index contributed by atoms with van der Waals surface area (Å²) >= 11 is 1.70. The number of esters is 1. The van der Waals surface area contributed by atoms with Crippen molar-refractivity contribution >= 4 is 46.6 Å². The van der Waals surface area contributed by atoms with E-state index in [0.717, 1.165) is 68.6 Å². The topological polar surface area (TPSA) is 198 Å². The molecule has 2 aromatic rings. The summed E-state index contributed by atoms with van der Waals surface area (Å²) in [6, 6.07) is 2.14. The second kappa shape index (κ2) is 42.8. The molecular formula is C57H90F4N4O14S. The van der Waals surface area contributed by atoms with Gasteiger partial charge in [-0.25, -0.2) is 13.8 Å². The van der Waals surface area contributed by atoms with Crippen LogP contribution in [-0.4, -0.2) is 199 Å². The number of halogens is 4. The number of carbonyl (C=O) groups is 3. The monoisotopic (exact) mass is 1160 g/mol. The molecule has 3 rings (SSSR count). The third-order valence-corrected chi connectivity index (χ3v) is 12.9. The minimum atomic E-state index is -1.80. The van der Waals surface area contributed by atoms with Crippen molar-refractivity contribution in [3.05, 3.63) is 50.7 Å². The number of fused-ring (bicyclic) bond motifs is 1. The van der Waals surface area contributed by atoms with Gasteiger partial charge in [-0.05, 0) is 69.7 Å². The number of hydrogen-bond donors (Lipinski definition) is 1. The molecule has 23 heteroatoms. The lowest BCUT2D eigenvalue weighted by molar-refractivity contribution is -0.136. The molecule has 0 saturated carbocycles. The number of aryl methyl sites for hydroxylation is 1. The van der Waals surface area contributed by atoms with Gasteiger partial charge in [0.15, 0.2) is 11.6 Å². The van der Waals surface area contributed by atoms with E-state index in [9.17, 15) is 31.9 Å². The molecule has 0 aliphatic carbocycles. The summed E-state index contributed by atoms with van der Waals surface area (Å²) in [6.45, 7) is 19.1. The predicted molar refractivity (Wildman–Crippen MR) is 298 cm³/mol. The van der Waals surface area contributed by atoms with Gasteiger partial charge in [0.25, 0.3) is 0 Å². The fraction of sp³-hybridized carbons (Fsp3) is 0.719. The lowest BCUT2D eigenvalue weighted by atomic mass is 9.88. The molecule has 80 heavy (non-hydrogen) atoms. The molecule has 0 saturated heterocycles. The highest BCUT2D eigenvalue weighted by molar-refractivity contribution is 7.13. The molecule has 2 N–H and O–H groups in total. The first-order valence-corrected chi connectivity index (χ1v) is 28.9. The Morgan fingerprint density at radius 2 is 1.07 bits per heavy atom. The number of amidine groups is 1. The van der Waals surface area contributed by atoms with Crippen LogP contribution in [-0.2, 0) is 68.2 Å². The van der Waals surface area contributed by atoms with E-state index in [0.29, 0.717) is 156 Å². The number of nitrogens with zero attached hydrogens (tertiary/aromatic N) is 3. The number of rotatable bonds is 49. The first kappa shape index (κ1) is 70.3. The van der Waals surface area contributed by atoms with Gasteiger partial charge in [-0.2, -0.15) is 8.78 Å². The molecule has 1 aromatic carbocycles. The summed E-state index contributed by atoms with van der Waals surface area (Å²) in [7, 11) is 2.11. The second-order valence-corrected chi connectivity index (χ2v) is 21.4. The maximum Gasteiger partial charge on any atom is 0.313 e. The zero-order chi connectivity index (χ0) is 58.2. The predicted octanol–water partition coefficient (Wildman–Crippen LogP) is 8.30. The molecule has 1 amide bonds. The van der Waals surface area contributed by atoms with E-state index in [1.165, 1.54) is 4.88 Å². The Balaban J connectivity index is 1.03. The average Bonchev–Trinajstić information content (AvgIpc) is 3.80. The molecule has 18 nitrogen and oxygen atoms in total. The van der Waals surface area contributed by atoms with Gasteiger partial charge >= 0.3 is 5.97 Å². The Morgan fingerprint density at radius 1 is 0.600 bits per heavy atom. The van der Waals surface area contributed by atoms with Crippen molar-refractivity contribution in [2.75, 3.05) is 165 Å². The molecule has 1 aliphatic rings. The standard InChI is InChI=1S/C57H90F4N4O14S/c1-6-15-65(17-11-9-12-45(66)43-57(2,3)4)56(68)44-39-50-49(63-51(62)40-44)41-46(80-50)13-8-7-10-16-64(5)18-20-70-22-24-72-26-28-74-30-32-76-34-36-78-38-37-77-35-33-75-31-29-73-27-25-71-23-21-69-19-14-52(67)79-55-53(60)47(58)42-48(59)54(55)61/h39,41-42H,6-38,40,43H2,1-5H3,(H2,62,63). The minimum Gasteiger partial charge on any atom is -0.420 e. The highest BCUT2D eigenvalue weighted by atomic mass is 32.1. The number of carbonyl (C=O) groups excluding carboxylic acids is 3. The number of Topliss-reactive ketones (excluding diaryl/α,β-unsaturated/α-hetero) is 1. The molecule has 0 spiro atoms. The molecule has 1 aromatic heterocycles. The highest BCUT2D eigenvalue weighted by Crippen LogP contribution is 2.36. The van der Waals surface area contributed by atoms with Gasteiger partial charge in [0.2, 0.25) is 23.3 Å². The van der Waals surface area contributed by atoms with Crippen LogP contribution in [0, 0.1) is 28.7 Å². The van der Waals surface area contributed by atoms with E-state index in [1.807, 2.05) is 11.0 Å². The lowest BCUT2D eigenvalue weighted by Crippen LogP contribution is -2.34. The number of unbranched alkanes of at least 4 members (excludes halogenated alkanes) is 3. The number of thiophene rings is 1. The van der Waals surface area contributed by atoms with Gasteiger partial charge in [-0.1, -0.05) is 34.1 Å². The third kappa shape index (κ3) is 32.6. The Kier molecular flexibility index (Phi) is 37.6. The van der Waals surface area contributed by atoms with Crippen LogP contribution in [0.15, 0.2) is 22.7 Å². The molecule has 0 radical (unpaired) electrons. The van der Waals surface area contributed by atoms with Crippen LogP contribution in [0.5, 0.6) is 5.75 Å². The molecule has 456 valence electrons. The summed E-state index contributed by atoms with van der Waals surface area (Å²) < 4.78 is 113. The maximum atomic E-state index is 13.7. The van der Waals surface area contributed by atoms with Crippen molar-refractivity contribution in [1.29, 1.82) is 0 Å². The number of benzene rings is 1. The summed E-state index contributed by atoms with van der Waals surface area (Å²) in [5.74, 6) is -8.75. The molecule has 0 unspecified atom stereocenters. The average molecular weight is 1160 g/mol. The van der Waals surface area contributed by atoms with Gasteiger partial charge in [-0.3, -0.25) is 14.4 Å². The van der Waals surface area contributed by atoms with Gasteiger partial charge in [-0.15, -0.1) is 11.3 Å². The number of likely N-dealkylation sites (N-methyl/N-ethyl adjacent to an activating group) is 1. The number of hydrogen-bond acceptors (Lipinski definition) is 18. The first-order valence-electron chi connectivity index (χ1n) is 28.0. The van der Waals surface area contributed by atoms with E-state index in [-0.39, 0.29) is 43.0 Å². The normalized spacial score (nSPS) is 12.7. The number of aliphatic imine (C=N–C) groups is 1. The summed E-state index contributed by atoms with van der Waals surface area (Å²) in [5.41, 5.74) is 7.85. The van der Waals surface area contributed by atoms with Crippen LogP contribution in [0.3, 0.4) is 0 Å². The van der Waals surface area contributed by atoms with Crippen molar-refractivity contribution in [1.82, 2.24) is 9.80 Å². The first-order chi connectivity index (χ1) is 38.6. The van der Waals surface area contributed by atoms with Crippen molar-refractivity contribution in [2.45, 2.75) is 98.3 Å². The number of amides is 1. The van der Waals surface area contributed by atoms with Crippen LogP contribution in [0.1, 0.15) is 102 Å².